The normalized spacial score (nSPS) is 20.5. The van der Waals surface area contributed by atoms with Crippen LogP contribution in [0.15, 0.2) is 4.79 Å². The number of carboxylic acid groups (broad SMARTS) is 1. The van der Waals surface area contributed by atoms with Gasteiger partial charge in [0.1, 0.15) is 11.3 Å². The van der Waals surface area contributed by atoms with Crippen molar-refractivity contribution in [1.82, 2.24) is 4.98 Å². The third kappa shape index (κ3) is 3.13. The molecule has 1 aliphatic heterocycles. The molecule has 1 aromatic rings. The molecule has 1 unspecified atom stereocenters. The molecule has 0 aromatic carbocycles. The van der Waals surface area contributed by atoms with E-state index in [1.165, 1.54) is 0 Å². The summed E-state index contributed by atoms with van der Waals surface area (Å²) in [5, 5.41) is 20.3. The summed E-state index contributed by atoms with van der Waals surface area (Å²) in [6.07, 6.45) is -0.439. The SMILES string of the molecule is CCOC(=O)c1c(O)c2c([nH]c1=O)CC[N+](C(=O)O)(C(C)(C)C)CC2. The molecular formula is C17H25N2O6+. The molecule has 0 radical (unpaired) electrons. The van der Waals surface area contributed by atoms with Gasteiger partial charge in [0.25, 0.3) is 5.56 Å². The molecule has 138 valence electrons. The summed E-state index contributed by atoms with van der Waals surface area (Å²) in [6.45, 7) is 7.76. The van der Waals surface area contributed by atoms with Crippen molar-refractivity contribution in [3.8, 4) is 5.75 Å². The number of quaternary nitrogens is 1. The number of amides is 1. The highest BCUT2D eigenvalue weighted by atomic mass is 16.5. The molecule has 0 aliphatic carbocycles. The zero-order valence-corrected chi connectivity index (χ0v) is 15.0. The smallest absolute Gasteiger partial charge is 0.506 e. The van der Waals surface area contributed by atoms with Crippen LogP contribution in [0.3, 0.4) is 0 Å². The Kier molecular flexibility index (Phi) is 4.94. The number of esters is 1. The first-order chi connectivity index (χ1) is 11.5. The average Bonchev–Trinajstić information content (AvgIpc) is 2.67. The van der Waals surface area contributed by atoms with Gasteiger partial charge in [-0.05, 0) is 27.7 Å². The van der Waals surface area contributed by atoms with E-state index in [9.17, 15) is 24.6 Å². The molecule has 1 aromatic heterocycles. The molecule has 0 saturated heterocycles. The predicted octanol–water partition coefficient (Wildman–Crippen LogP) is 1.65. The summed E-state index contributed by atoms with van der Waals surface area (Å²) in [7, 11) is 0. The summed E-state index contributed by atoms with van der Waals surface area (Å²) >= 11 is 0. The number of carbonyl (C=O) groups excluding carboxylic acids is 1. The Balaban J connectivity index is 2.53. The number of nitrogens with one attached hydrogen (secondary N) is 1. The minimum Gasteiger partial charge on any atom is -0.506 e. The zero-order chi connectivity index (χ0) is 19.0. The molecule has 8 heteroatoms. The molecule has 1 amide bonds. The fourth-order valence-corrected chi connectivity index (χ4v) is 3.42. The first-order valence-electron chi connectivity index (χ1n) is 8.30. The zero-order valence-electron chi connectivity index (χ0n) is 15.0. The van der Waals surface area contributed by atoms with Crippen molar-refractivity contribution in [2.45, 2.75) is 46.1 Å². The molecule has 2 heterocycles. The van der Waals surface area contributed by atoms with Crippen LogP contribution in [-0.2, 0) is 17.6 Å². The van der Waals surface area contributed by atoms with Crippen LogP contribution in [0.25, 0.3) is 0 Å². The second kappa shape index (κ2) is 6.51. The van der Waals surface area contributed by atoms with Gasteiger partial charge in [-0.2, -0.15) is 4.79 Å². The lowest BCUT2D eigenvalue weighted by molar-refractivity contribution is -0.902. The monoisotopic (exact) mass is 353 g/mol. The Hall–Kier alpha value is -2.35. The van der Waals surface area contributed by atoms with Crippen molar-refractivity contribution in [3.05, 3.63) is 27.2 Å². The van der Waals surface area contributed by atoms with Crippen LogP contribution in [0.2, 0.25) is 0 Å². The van der Waals surface area contributed by atoms with Gasteiger partial charge in [-0.3, -0.25) is 4.79 Å². The van der Waals surface area contributed by atoms with E-state index in [1.54, 1.807) is 6.92 Å². The van der Waals surface area contributed by atoms with Gasteiger partial charge in [-0.15, -0.1) is 0 Å². The number of aromatic amines is 1. The Bertz CT molecular complexity index is 762. The first-order valence-corrected chi connectivity index (χ1v) is 8.30. The maximum absolute atomic E-state index is 12.2. The topological polar surface area (TPSA) is 117 Å². The molecule has 1 aliphatic rings. The summed E-state index contributed by atoms with van der Waals surface area (Å²) in [6, 6.07) is 0. The van der Waals surface area contributed by atoms with Crippen molar-refractivity contribution in [2.24, 2.45) is 0 Å². The highest BCUT2D eigenvalue weighted by Crippen LogP contribution is 2.33. The van der Waals surface area contributed by atoms with Crippen LogP contribution in [0.1, 0.15) is 49.3 Å². The lowest BCUT2D eigenvalue weighted by atomic mass is 10.0. The second-order valence-electron chi connectivity index (χ2n) is 7.22. The molecule has 2 rings (SSSR count). The van der Waals surface area contributed by atoms with Crippen LogP contribution in [0.4, 0.5) is 4.79 Å². The highest BCUT2D eigenvalue weighted by molar-refractivity contribution is 5.92. The van der Waals surface area contributed by atoms with Crippen molar-refractivity contribution in [2.75, 3.05) is 19.7 Å². The molecular weight excluding hydrogens is 328 g/mol. The maximum atomic E-state index is 12.2. The van der Waals surface area contributed by atoms with Crippen LogP contribution in [0, 0.1) is 0 Å². The molecule has 0 spiro atoms. The number of aromatic hydroxyl groups is 1. The summed E-state index contributed by atoms with van der Waals surface area (Å²) < 4.78 is 4.63. The van der Waals surface area contributed by atoms with Crippen LogP contribution in [-0.4, -0.2) is 57.0 Å². The van der Waals surface area contributed by atoms with E-state index in [-0.39, 0.29) is 37.0 Å². The number of hydrogen-bond donors (Lipinski definition) is 3. The number of fused-ring (bicyclic) bond motifs is 1. The Morgan fingerprint density at radius 3 is 2.36 bits per heavy atom. The minimum atomic E-state index is -0.951. The molecule has 3 N–H and O–H groups in total. The van der Waals surface area contributed by atoms with Gasteiger partial charge >= 0.3 is 12.1 Å². The summed E-state index contributed by atoms with van der Waals surface area (Å²) in [5.74, 6) is -1.29. The van der Waals surface area contributed by atoms with E-state index >= 15 is 0 Å². The van der Waals surface area contributed by atoms with E-state index < -0.39 is 34.5 Å². The highest BCUT2D eigenvalue weighted by Gasteiger charge is 2.48. The van der Waals surface area contributed by atoms with Gasteiger partial charge in [0.2, 0.25) is 0 Å². The third-order valence-corrected chi connectivity index (χ3v) is 5.00. The third-order valence-electron chi connectivity index (χ3n) is 5.00. The Morgan fingerprint density at radius 2 is 1.84 bits per heavy atom. The van der Waals surface area contributed by atoms with Crippen molar-refractivity contribution in [3.63, 3.8) is 0 Å². The number of pyridine rings is 1. The Labute approximate surface area is 145 Å². The number of H-pyrrole nitrogens is 1. The van der Waals surface area contributed by atoms with E-state index in [4.69, 9.17) is 4.74 Å². The molecule has 0 bridgehead atoms. The standard InChI is InChI=1S/C17H24N2O6/c1-5-25-15(22)12-13(20)10-6-8-19(16(23)24,17(2,3)4)9-7-11(10)18-14(12)21/h5-9H2,1-4H3,(H2-,18,20,21,22,23,24)/p+1. The van der Waals surface area contributed by atoms with E-state index in [2.05, 4.69) is 4.98 Å². The van der Waals surface area contributed by atoms with Gasteiger partial charge in [-0.25, -0.2) is 9.28 Å². The number of nitrogens with zero attached hydrogens (tertiary/aromatic N) is 1. The second-order valence-corrected chi connectivity index (χ2v) is 7.22. The predicted molar refractivity (Wildman–Crippen MR) is 89.9 cm³/mol. The van der Waals surface area contributed by atoms with Crippen LogP contribution in [0.5, 0.6) is 5.75 Å². The van der Waals surface area contributed by atoms with Gasteiger partial charge in [0.05, 0.1) is 19.7 Å². The molecule has 0 saturated carbocycles. The lowest BCUT2D eigenvalue weighted by Gasteiger charge is -2.42. The Morgan fingerprint density at radius 1 is 1.24 bits per heavy atom. The fraction of sp³-hybridized carbons (Fsp3) is 0.588. The van der Waals surface area contributed by atoms with Crippen LogP contribution >= 0.6 is 0 Å². The van der Waals surface area contributed by atoms with E-state index in [1.807, 2.05) is 20.8 Å². The minimum absolute atomic E-state index is 0.0812. The molecule has 1 atom stereocenters. The van der Waals surface area contributed by atoms with Crippen molar-refractivity contribution < 1.29 is 29.0 Å². The first kappa shape index (κ1) is 19.0. The molecule has 8 nitrogen and oxygen atoms in total. The lowest BCUT2D eigenvalue weighted by Crippen LogP contribution is -2.64. The fourth-order valence-electron chi connectivity index (χ4n) is 3.42. The molecule has 0 fully saturated rings. The molecule has 25 heavy (non-hydrogen) atoms. The van der Waals surface area contributed by atoms with Gasteiger partial charge in [-0.1, -0.05) is 0 Å². The van der Waals surface area contributed by atoms with E-state index in [0.29, 0.717) is 11.3 Å². The number of hydrogen-bond acceptors (Lipinski definition) is 5. The number of ether oxygens (including phenoxy) is 1. The number of carbonyl (C=O) groups is 2. The van der Waals surface area contributed by atoms with Gasteiger partial charge in [0.15, 0.2) is 5.56 Å². The average molecular weight is 353 g/mol. The largest absolute Gasteiger partial charge is 0.514 e. The number of rotatable bonds is 2. The van der Waals surface area contributed by atoms with Crippen LogP contribution < -0.4 is 5.56 Å². The summed E-state index contributed by atoms with van der Waals surface area (Å²) in [4.78, 5) is 38.8. The summed E-state index contributed by atoms with van der Waals surface area (Å²) in [5.41, 5.74) is -0.824. The quantitative estimate of drug-likeness (QED) is 0.550. The van der Waals surface area contributed by atoms with Crippen molar-refractivity contribution in [1.29, 1.82) is 0 Å². The van der Waals surface area contributed by atoms with E-state index in [0.717, 1.165) is 0 Å². The van der Waals surface area contributed by atoms with Crippen molar-refractivity contribution >= 4 is 12.1 Å². The van der Waals surface area contributed by atoms with Gasteiger partial charge in [0, 0.05) is 24.1 Å². The van der Waals surface area contributed by atoms with Gasteiger partial charge < -0.3 is 19.9 Å². The number of aromatic nitrogens is 1. The maximum Gasteiger partial charge on any atom is 0.514 e.